The maximum Gasteiger partial charge on any atom is 0.309 e. The number of rotatable bonds is 18. The molecule has 10 aliphatic heterocycles. The van der Waals surface area contributed by atoms with Crippen LogP contribution in [-0.2, 0) is 114 Å². The van der Waals surface area contributed by atoms with Crippen LogP contribution in [0.25, 0.3) is 0 Å². The molecule has 10 heterocycles. The van der Waals surface area contributed by atoms with E-state index in [-0.39, 0.29) is 119 Å². The fourth-order valence-electron chi connectivity index (χ4n) is 23.7. The Labute approximate surface area is 673 Å². The van der Waals surface area contributed by atoms with Gasteiger partial charge in [0.15, 0.2) is 12.6 Å². The Hall–Kier alpha value is -3.66. The molecule has 24 unspecified atom stereocenters. The molecule has 0 amide bonds. The summed E-state index contributed by atoms with van der Waals surface area (Å²) >= 11 is 0. The topological polar surface area (TPSA) is 295 Å². The van der Waals surface area contributed by atoms with Crippen LogP contribution < -0.4 is 0 Å². The van der Waals surface area contributed by atoms with Crippen molar-refractivity contribution in [1.82, 2.24) is 0 Å². The van der Waals surface area contributed by atoms with Crippen LogP contribution in [0.2, 0.25) is 0 Å². The molecule has 1 spiro atoms. The van der Waals surface area contributed by atoms with Crippen LogP contribution in [0.15, 0.2) is 0 Å². The molecule has 24 heteroatoms. The van der Waals surface area contributed by atoms with E-state index in [9.17, 15) is 28.8 Å². The smallest absolute Gasteiger partial charge is 0.309 e. The van der Waals surface area contributed by atoms with Gasteiger partial charge in [0.05, 0.1) is 178 Å². The minimum Gasteiger partial charge on any atom is -0.465 e. The third-order valence-corrected chi connectivity index (χ3v) is 32.2. The highest BCUT2D eigenvalue weighted by molar-refractivity contribution is 5.75. The predicted molar refractivity (Wildman–Crippen MR) is 405 cm³/mol. The highest BCUT2D eigenvalue weighted by Gasteiger charge is 2.56. The van der Waals surface area contributed by atoms with E-state index in [4.69, 9.17) is 85.3 Å². The van der Waals surface area contributed by atoms with E-state index in [2.05, 4.69) is 13.8 Å². The Morgan fingerprint density at radius 1 is 0.263 bits per heavy atom. The fraction of sp³-hybridized carbons (Fsp3) is 0.933. The van der Waals surface area contributed by atoms with Crippen molar-refractivity contribution < 1.29 is 114 Å². The quantitative estimate of drug-likeness (QED) is 0.0699. The van der Waals surface area contributed by atoms with Crippen LogP contribution in [0, 0.1) is 81.8 Å². The number of hydrogen-bond acceptors (Lipinski definition) is 24. The second kappa shape index (κ2) is 34.7. The van der Waals surface area contributed by atoms with E-state index >= 15 is 0 Å². The van der Waals surface area contributed by atoms with Gasteiger partial charge >= 0.3 is 35.8 Å². The molecule has 0 aromatic heterocycles. The molecular formula is C90H132O24. The summed E-state index contributed by atoms with van der Waals surface area (Å²) in [6, 6.07) is 0. The highest BCUT2D eigenvalue weighted by Crippen LogP contribution is 2.53. The second-order valence-electron chi connectivity index (χ2n) is 40.5. The first-order valence-electron chi connectivity index (χ1n) is 46.3. The molecule has 22 fully saturated rings. The second-order valence-corrected chi connectivity index (χ2v) is 40.5. The summed E-state index contributed by atoms with van der Waals surface area (Å²) in [6.45, 7) is 8.68. The third-order valence-electron chi connectivity index (χ3n) is 32.2. The Morgan fingerprint density at radius 2 is 0.491 bits per heavy atom. The van der Waals surface area contributed by atoms with Gasteiger partial charge in [-0.05, 0) is 286 Å². The summed E-state index contributed by atoms with van der Waals surface area (Å²) in [6.07, 6.45) is 45.6. The molecule has 0 bridgehead atoms. The van der Waals surface area contributed by atoms with Gasteiger partial charge in [-0.2, -0.15) is 0 Å². The number of carbonyl (C=O) groups is 6. The van der Waals surface area contributed by atoms with Crippen molar-refractivity contribution in [2.75, 3.05) is 39.6 Å². The van der Waals surface area contributed by atoms with Gasteiger partial charge in [-0.3, -0.25) is 28.8 Å². The van der Waals surface area contributed by atoms with Crippen molar-refractivity contribution in [3.8, 4) is 0 Å². The molecule has 24 atom stereocenters. The predicted octanol–water partition coefficient (Wildman–Crippen LogP) is 12.7. The van der Waals surface area contributed by atoms with Crippen molar-refractivity contribution in [3.63, 3.8) is 0 Å². The highest BCUT2D eigenvalue weighted by atomic mass is 16.7. The van der Waals surface area contributed by atoms with Gasteiger partial charge < -0.3 is 85.3 Å². The monoisotopic (exact) mass is 1600 g/mol. The van der Waals surface area contributed by atoms with Crippen LogP contribution in [0.3, 0.4) is 0 Å². The van der Waals surface area contributed by atoms with Gasteiger partial charge in [0.25, 0.3) is 0 Å². The lowest BCUT2D eigenvalue weighted by Crippen LogP contribution is -2.54. The Kier molecular flexibility index (Phi) is 24.4. The number of hydrogen-bond donors (Lipinski definition) is 0. The molecule has 22 rings (SSSR count). The molecule has 0 aromatic rings. The van der Waals surface area contributed by atoms with Crippen LogP contribution in [0.1, 0.15) is 271 Å². The van der Waals surface area contributed by atoms with E-state index in [1.165, 1.54) is 0 Å². The van der Waals surface area contributed by atoms with Gasteiger partial charge in [0.2, 0.25) is 0 Å². The fourth-order valence-corrected chi connectivity index (χ4v) is 23.7. The van der Waals surface area contributed by atoms with Crippen LogP contribution in [0.5, 0.6) is 0 Å². The number of fused-ring (bicyclic) bond motifs is 8. The first-order chi connectivity index (χ1) is 55.4. The summed E-state index contributed by atoms with van der Waals surface area (Å²) in [5.41, 5.74) is 0.140. The maximum atomic E-state index is 12.7. The van der Waals surface area contributed by atoms with Gasteiger partial charge in [-0.15, -0.1) is 0 Å². The SMILES string of the molecule is C1CC2OC2CC1C1OCC2(CO1)COC(C1CCC3OC3C1)OC2.CC(C)(C1CCC(OC(=O)C2CCC3OC3C2)CC1)C1CCC(OC(=O)C2CCC3OC3C2)CC1.O=C(OC1CCC(OC(=O)C2CCC3OC3C2)CC1)C1CCC2OC2C1.O=C(OCC1CCC(COC(=O)C2CCC3OC3C2)CC1)C1CCC2OC2C1. The molecule has 22 aliphatic rings. The summed E-state index contributed by atoms with van der Waals surface area (Å²) < 4.78 is 104. The first-order valence-corrected chi connectivity index (χ1v) is 46.3. The largest absolute Gasteiger partial charge is 0.465 e. The molecule has 12 aliphatic carbocycles. The lowest BCUT2D eigenvalue weighted by molar-refractivity contribution is -0.320. The van der Waals surface area contributed by atoms with Crippen molar-refractivity contribution in [3.05, 3.63) is 0 Å². The Morgan fingerprint density at radius 3 is 0.737 bits per heavy atom. The summed E-state index contributed by atoms with van der Waals surface area (Å²) in [7, 11) is 0. The number of carbonyl (C=O) groups excluding carboxylic acids is 6. The molecule has 0 radical (unpaired) electrons. The molecule has 114 heavy (non-hydrogen) atoms. The van der Waals surface area contributed by atoms with Gasteiger partial charge in [0, 0.05) is 11.8 Å². The van der Waals surface area contributed by atoms with Crippen LogP contribution in [0.4, 0.5) is 0 Å². The van der Waals surface area contributed by atoms with E-state index in [0.717, 1.165) is 257 Å². The number of ether oxygens (including phenoxy) is 18. The van der Waals surface area contributed by atoms with Crippen LogP contribution in [-0.4, -0.2) is 210 Å². The molecule has 10 saturated heterocycles. The number of epoxide rings is 8. The molecule has 0 N–H and O–H groups in total. The average molecular weight is 1600 g/mol. The van der Waals surface area contributed by atoms with E-state index in [0.29, 0.717) is 173 Å². The average Bonchev–Trinajstić information content (AvgIpc) is 1.71. The van der Waals surface area contributed by atoms with Gasteiger partial charge in [-0.25, -0.2) is 0 Å². The van der Waals surface area contributed by atoms with E-state index in [1.807, 2.05) is 0 Å². The third kappa shape index (κ3) is 19.9. The molecule has 12 saturated carbocycles. The maximum absolute atomic E-state index is 12.7. The minimum atomic E-state index is -0.131. The van der Waals surface area contributed by atoms with Crippen molar-refractivity contribution in [1.29, 1.82) is 0 Å². The lowest BCUT2D eigenvalue weighted by atomic mass is 9.60. The standard InChI is InChI=1S/C29H44O6.C22H32O6.C20H28O6.C19H28O6/c1-29(2,19-5-9-21(10-6-19)32-27(30)17-3-13-23-25(15-17)34-23)20-7-11-22(12-8-20)33-28(31)18-4-14-24-26(16-18)35-24;23-21(15-5-7-17-19(9-15)27-17)25-11-13-1-2-14(4-3-13)12-26-22(24)16-6-8-18-20(10-16)28-18;21-19(11-1-7-15-17(9-11)25-15)23-13-3-5-14(6-4-13)24-20(22)12-2-8-16-18(10-12)26-16;1-3-13-15(24-13)5-11(1)17-20-7-19(8-21-17)9-22-18(23-10-19)12-2-4-14-16(6-12)25-14/h17-26H,3-16H2,1-2H3;13-20H,1-12H2;11-18H,1-10H2;11-18H,1-10H2. The Bertz CT molecular complexity index is 3100. The van der Waals surface area contributed by atoms with Gasteiger partial charge in [0.1, 0.15) is 24.4 Å². The van der Waals surface area contributed by atoms with Crippen LogP contribution >= 0.6 is 0 Å². The normalized spacial score (nSPS) is 47.8. The summed E-state index contributed by atoms with van der Waals surface area (Å²) in [5.74, 6) is 3.27. The molecule has 24 nitrogen and oxygen atoms in total. The zero-order valence-electron chi connectivity index (χ0n) is 68.0. The summed E-state index contributed by atoms with van der Waals surface area (Å²) in [4.78, 5) is 74.6. The summed E-state index contributed by atoms with van der Waals surface area (Å²) in [5, 5.41) is 0. The van der Waals surface area contributed by atoms with Crippen molar-refractivity contribution in [2.24, 2.45) is 81.8 Å². The first kappa shape index (κ1) is 80.1. The van der Waals surface area contributed by atoms with Gasteiger partial charge in [-0.1, -0.05) is 13.8 Å². The molecule has 0 aromatic carbocycles. The minimum absolute atomic E-state index is 0.00840. The molecular weight excluding hydrogens is 1460 g/mol. The lowest BCUT2D eigenvalue weighted by Gasteiger charge is -2.46. The number of esters is 6. The Balaban J connectivity index is 0.000000103. The van der Waals surface area contributed by atoms with Crippen molar-refractivity contribution >= 4 is 35.8 Å². The zero-order chi connectivity index (χ0) is 77.3. The van der Waals surface area contributed by atoms with E-state index < -0.39 is 0 Å². The van der Waals surface area contributed by atoms with Crippen molar-refractivity contribution in [2.45, 2.75) is 405 Å². The molecule has 636 valence electrons. The zero-order valence-corrected chi connectivity index (χ0v) is 68.0. The van der Waals surface area contributed by atoms with E-state index in [1.54, 1.807) is 0 Å².